The van der Waals surface area contributed by atoms with Crippen molar-refractivity contribution in [3.63, 3.8) is 0 Å². The van der Waals surface area contributed by atoms with Gasteiger partial charge >= 0.3 is 10.1 Å². The predicted octanol–water partition coefficient (Wildman–Crippen LogP) is 5.54. The van der Waals surface area contributed by atoms with Gasteiger partial charge in [-0.3, -0.25) is 9.59 Å². The maximum atomic E-state index is 13.9. The van der Waals surface area contributed by atoms with Crippen LogP contribution in [0.4, 0.5) is 14.5 Å². The fraction of sp³-hybridized carbons (Fsp3) is 0.133. The van der Waals surface area contributed by atoms with Crippen molar-refractivity contribution in [3.05, 3.63) is 119 Å². The van der Waals surface area contributed by atoms with Crippen LogP contribution >= 0.6 is 0 Å². The van der Waals surface area contributed by atoms with Gasteiger partial charge in [0.15, 0.2) is 11.5 Å². The van der Waals surface area contributed by atoms with Crippen molar-refractivity contribution in [1.82, 2.24) is 4.90 Å². The molecule has 0 aliphatic carbocycles. The number of carbonyl (C=O) groups excluding carboxylic acids is 2. The highest BCUT2D eigenvalue weighted by Gasteiger charge is 2.22. The number of nitrogens with one attached hydrogen (secondary N) is 1. The maximum absolute atomic E-state index is 13.9. The van der Waals surface area contributed by atoms with Gasteiger partial charge in [-0.15, -0.1) is 0 Å². The number of amides is 2. The number of ether oxygens (including phenoxy) is 1. The van der Waals surface area contributed by atoms with Crippen LogP contribution in [-0.4, -0.2) is 32.2 Å². The van der Waals surface area contributed by atoms with Crippen molar-refractivity contribution in [1.29, 1.82) is 0 Å². The normalized spacial score (nSPS) is 11.0. The molecule has 41 heavy (non-hydrogen) atoms. The summed E-state index contributed by atoms with van der Waals surface area (Å²) in [6, 6.07) is 20.9. The minimum Gasteiger partial charge on any atom is -0.493 e. The van der Waals surface area contributed by atoms with E-state index in [1.165, 1.54) is 97.8 Å². The number of carbonyl (C=O) groups is 2. The molecule has 8 nitrogen and oxygen atoms in total. The van der Waals surface area contributed by atoms with Crippen LogP contribution in [0.15, 0.2) is 95.9 Å². The van der Waals surface area contributed by atoms with Crippen LogP contribution in [0.3, 0.4) is 0 Å². The van der Waals surface area contributed by atoms with Gasteiger partial charge < -0.3 is 19.1 Å². The van der Waals surface area contributed by atoms with E-state index in [2.05, 4.69) is 5.32 Å². The van der Waals surface area contributed by atoms with E-state index in [9.17, 15) is 26.8 Å². The fourth-order valence-electron chi connectivity index (χ4n) is 3.99. The number of hydrogen-bond donors (Lipinski definition) is 1. The summed E-state index contributed by atoms with van der Waals surface area (Å²) in [5, 5.41) is 2.55. The Balaban J connectivity index is 1.63. The Bertz CT molecular complexity index is 1660. The topological polar surface area (TPSA) is 102 Å². The molecule has 0 radical (unpaired) electrons. The summed E-state index contributed by atoms with van der Waals surface area (Å²) in [6.07, 6.45) is 0. The zero-order valence-electron chi connectivity index (χ0n) is 22.1. The minimum atomic E-state index is -4.30. The average molecular weight is 581 g/mol. The number of methoxy groups -OCH3 is 1. The molecule has 0 aliphatic rings. The van der Waals surface area contributed by atoms with Crippen molar-refractivity contribution < 1.29 is 35.7 Å². The van der Waals surface area contributed by atoms with Crippen LogP contribution in [0.2, 0.25) is 0 Å². The SMILES string of the molecule is COc1ccc(CN(Cc2ccc(F)cc2)C(=O)c2cccc(F)c2)cc1OS(=O)(=O)c1ccc(NC(C)=O)cc1. The molecule has 11 heteroatoms. The van der Waals surface area contributed by atoms with Crippen LogP contribution in [0, 0.1) is 11.6 Å². The van der Waals surface area contributed by atoms with Crippen molar-refractivity contribution in [2.75, 3.05) is 12.4 Å². The monoisotopic (exact) mass is 580 g/mol. The largest absolute Gasteiger partial charge is 0.493 e. The Hall–Kier alpha value is -4.77. The van der Waals surface area contributed by atoms with Crippen LogP contribution in [0.5, 0.6) is 11.5 Å². The van der Waals surface area contributed by atoms with Gasteiger partial charge in [0.1, 0.15) is 16.5 Å². The molecule has 0 bridgehead atoms. The zero-order chi connectivity index (χ0) is 29.6. The molecule has 0 heterocycles. The number of rotatable bonds is 10. The van der Waals surface area contributed by atoms with E-state index in [4.69, 9.17) is 8.92 Å². The molecule has 0 fully saturated rings. The summed E-state index contributed by atoms with van der Waals surface area (Å²) in [7, 11) is -2.95. The second-order valence-corrected chi connectivity index (χ2v) is 10.6. The second-order valence-electron chi connectivity index (χ2n) is 9.03. The Morgan fingerprint density at radius 1 is 0.805 bits per heavy atom. The number of halogens is 2. The number of benzene rings is 4. The molecule has 0 aliphatic heterocycles. The first-order valence-corrected chi connectivity index (χ1v) is 13.7. The molecular weight excluding hydrogens is 554 g/mol. The highest BCUT2D eigenvalue weighted by atomic mass is 32.2. The molecule has 4 aromatic rings. The van der Waals surface area contributed by atoms with Gasteiger partial charge in [0.25, 0.3) is 5.91 Å². The van der Waals surface area contributed by atoms with E-state index in [0.717, 1.165) is 6.07 Å². The van der Waals surface area contributed by atoms with E-state index < -0.39 is 27.7 Å². The predicted molar refractivity (Wildman–Crippen MR) is 148 cm³/mol. The summed E-state index contributed by atoms with van der Waals surface area (Å²) in [5.74, 6) is -1.78. The molecule has 4 aromatic carbocycles. The lowest BCUT2D eigenvalue weighted by Crippen LogP contribution is -2.30. The second kappa shape index (κ2) is 12.6. The summed E-state index contributed by atoms with van der Waals surface area (Å²) in [6.45, 7) is 1.38. The summed E-state index contributed by atoms with van der Waals surface area (Å²) in [4.78, 5) is 25.9. The van der Waals surface area contributed by atoms with Crippen molar-refractivity contribution >= 4 is 27.6 Å². The van der Waals surface area contributed by atoms with Gasteiger partial charge in [-0.05, 0) is 77.9 Å². The van der Waals surface area contributed by atoms with E-state index in [0.29, 0.717) is 16.8 Å². The number of nitrogens with zero attached hydrogens (tertiary/aromatic N) is 1. The van der Waals surface area contributed by atoms with Gasteiger partial charge in [-0.2, -0.15) is 8.42 Å². The molecular formula is C30H26F2N2O6S. The number of hydrogen-bond acceptors (Lipinski definition) is 6. The zero-order valence-corrected chi connectivity index (χ0v) is 23.0. The third kappa shape index (κ3) is 7.67. The molecule has 0 spiro atoms. The first kappa shape index (κ1) is 29.2. The van der Waals surface area contributed by atoms with Crippen LogP contribution in [0.25, 0.3) is 0 Å². The Kier molecular flexibility index (Phi) is 8.98. The maximum Gasteiger partial charge on any atom is 0.339 e. The first-order valence-electron chi connectivity index (χ1n) is 12.3. The first-order chi connectivity index (χ1) is 19.5. The Morgan fingerprint density at radius 3 is 2.10 bits per heavy atom. The van der Waals surface area contributed by atoms with E-state index in [-0.39, 0.29) is 41.0 Å². The van der Waals surface area contributed by atoms with E-state index in [1.54, 1.807) is 6.07 Å². The standard InChI is InChI=1S/C30H26F2N2O6S/c1-20(35)33-26-11-13-27(14-12-26)41(37,38)40-29-16-22(8-15-28(29)39-2)19-34(18-21-6-9-24(31)10-7-21)30(36)23-4-3-5-25(32)17-23/h3-17H,18-19H2,1-2H3,(H,33,35). The van der Waals surface area contributed by atoms with Gasteiger partial charge in [-0.1, -0.05) is 24.3 Å². The quantitative estimate of drug-likeness (QED) is 0.247. The molecule has 0 saturated carbocycles. The van der Waals surface area contributed by atoms with E-state index >= 15 is 0 Å². The molecule has 0 unspecified atom stereocenters. The van der Waals surface area contributed by atoms with E-state index in [1.807, 2.05) is 0 Å². The van der Waals surface area contributed by atoms with Gasteiger partial charge in [0, 0.05) is 31.3 Å². The van der Waals surface area contributed by atoms with Gasteiger partial charge in [-0.25, -0.2) is 8.78 Å². The lowest BCUT2D eigenvalue weighted by molar-refractivity contribution is -0.114. The summed E-state index contributed by atoms with van der Waals surface area (Å²) in [5.41, 5.74) is 1.65. The molecule has 1 N–H and O–H groups in total. The molecule has 0 atom stereocenters. The third-order valence-corrected chi connectivity index (χ3v) is 7.16. The lowest BCUT2D eigenvalue weighted by atomic mass is 10.1. The average Bonchev–Trinajstić information content (AvgIpc) is 2.93. The van der Waals surface area contributed by atoms with Crippen LogP contribution < -0.4 is 14.2 Å². The van der Waals surface area contributed by atoms with Crippen LogP contribution in [-0.2, 0) is 28.0 Å². The molecule has 2 amide bonds. The van der Waals surface area contributed by atoms with Gasteiger partial charge in [0.05, 0.1) is 7.11 Å². The smallest absolute Gasteiger partial charge is 0.339 e. The van der Waals surface area contributed by atoms with Crippen molar-refractivity contribution in [2.24, 2.45) is 0 Å². The minimum absolute atomic E-state index is 0.0153. The number of anilines is 1. The molecule has 212 valence electrons. The molecule has 0 saturated heterocycles. The third-order valence-electron chi connectivity index (χ3n) is 5.91. The van der Waals surface area contributed by atoms with Crippen LogP contribution in [0.1, 0.15) is 28.4 Å². The lowest BCUT2D eigenvalue weighted by Gasteiger charge is -2.24. The molecule has 4 rings (SSSR count). The van der Waals surface area contributed by atoms with Crippen molar-refractivity contribution in [3.8, 4) is 11.5 Å². The highest BCUT2D eigenvalue weighted by molar-refractivity contribution is 7.87. The Morgan fingerprint density at radius 2 is 1.46 bits per heavy atom. The Labute approximate surface area is 236 Å². The molecule has 0 aromatic heterocycles. The highest BCUT2D eigenvalue weighted by Crippen LogP contribution is 2.32. The summed E-state index contributed by atoms with van der Waals surface area (Å²) < 4.78 is 64.1. The van der Waals surface area contributed by atoms with Crippen molar-refractivity contribution in [2.45, 2.75) is 24.9 Å². The summed E-state index contributed by atoms with van der Waals surface area (Å²) >= 11 is 0. The fourth-order valence-corrected chi connectivity index (χ4v) is 4.93. The van der Waals surface area contributed by atoms with Gasteiger partial charge in [0.2, 0.25) is 5.91 Å².